The maximum atomic E-state index is 11.0. The number of hydrogen-bond acceptors (Lipinski definition) is 2. The fraction of sp³-hybridized carbons (Fsp3) is 0.929. The Bertz CT molecular complexity index is 222. The smallest absolute Gasteiger partial charge is 0.306 e. The minimum atomic E-state index is -0.730. The molecule has 1 saturated carbocycles. The zero-order chi connectivity index (χ0) is 12.7. The Balaban J connectivity index is 2.34. The lowest BCUT2D eigenvalue weighted by Gasteiger charge is -2.25. The van der Waals surface area contributed by atoms with Crippen LogP contribution in [0.15, 0.2) is 0 Å². The highest BCUT2D eigenvalue weighted by molar-refractivity contribution is 5.69. The molecule has 1 rings (SSSR count). The van der Waals surface area contributed by atoms with Crippen LogP contribution in [0.2, 0.25) is 0 Å². The molecule has 1 aliphatic rings. The first-order valence-electron chi connectivity index (χ1n) is 6.98. The van der Waals surface area contributed by atoms with E-state index in [2.05, 4.69) is 0 Å². The minimum Gasteiger partial charge on any atom is -0.481 e. The number of aliphatic carboxylic acids is 1. The van der Waals surface area contributed by atoms with Crippen molar-refractivity contribution < 1.29 is 15.0 Å². The van der Waals surface area contributed by atoms with Crippen LogP contribution in [0.3, 0.4) is 0 Å². The zero-order valence-electron chi connectivity index (χ0n) is 10.9. The molecule has 100 valence electrons. The number of carboxylic acid groups (broad SMARTS) is 1. The molecule has 0 aromatic carbocycles. The SMILES string of the molecule is CC(C(=O)O)C(CCO)CCC1CCCCC1. The first kappa shape index (κ1) is 14.5. The summed E-state index contributed by atoms with van der Waals surface area (Å²) in [6.45, 7) is 1.87. The monoisotopic (exact) mass is 242 g/mol. The van der Waals surface area contributed by atoms with Crippen LogP contribution in [-0.4, -0.2) is 22.8 Å². The van der Waals surface area contributed by atoms with E-state index in [9.17, 15) is 4.79 Å². The van der Waals surface area contributed by atoms with E-state index in [1.54, 1.807) is 6.92 Å². The van der Waals surface area contributed by atoms with Crippen LogP contribution in [-0.2, 0) is 4.79 Å². The Morgan fingerprint density at radius 2 is 1.88 bits per heavy atom. The summed E-state index contributed by atoms with van der Waals surface area (Å²) in [7, 11) is 0. The fourth-order valence-electron chi connectivity index (χ4n) is 2.94. The highest BCUT2D eigenvalue weighted by atomic mass is 16.4. The molecule has 3 heteroatoms. The van der Waals surface area contributed by atoms with Crippen molar-refractivity contribution in [1.29, 1.82) is 0 Å². The molecule has 17 heavy (non-hydrogen) atoms. The Hall–Kier alpha value is -0.570. The Morgan fingerprint density at radius 1 is 1.24 bits per heavy atom. The van der Waals surface area contributed by atoms with Crippen molar-refractivity contribution >= 4 is 5.97 Å². The van der Waals surface area contributed by atoms with Crippen LogP contribution in [0.4, 0.5) is 0 Å². The van der Waals surface area contributed by atoms with Gasteiger partial charge in [0, 0.05) is 6.61 Å². The number of carboxylic acids is 1. The molecular weight excluding hydrogens is 216 g/mol. The molecule has 2 unspecified atom stereocenters. The van der Waals surface area contributed by atoms with Crippen molar-refractivity contribution in [3.8, 4) is 0 Å². The summed E-state index contributed by atoms with van der Waals surface area (Å²) in [6, 6.07) is 0. The molecule has 0 heterocycles. The maximum Gasteiger partial charge on any atom is 0.306 e. The lowest BCUT2D eigenvalue weighted by molar-refractivity contribution is -0.143. The summed E-state index contributed by atoms with van der Waals surface area (Å²) in [5.41, 5.74) is 0. The quantitative estimate of drug-likeness (QED) is 0.721. The number of carbonyl (C=O) groups is 1. The summed E-state index contributed by atoms with van der Waals surface area (Å²) in [5.74, 6) is -0.122. The van der Waals surface area contributed by atoms with Crippen molar-refractivity contribution in [2.45, 2.75) is 58.3 Å². The van der Waals surface area contributed by atoms with Gasteiger partial charge >= 0.3 is 5.97 Å². The van der Waals surface area contributed by atoms with E-state index >= 15 is 0 Å². The third-order valence-electron chi connectivity index (χ3n) is 4.27. The van der Waals surface area contributed by atoms with Gasteiger partial charge in [0.15, 0.2) is 0 Å². The van der Waals surface area contributed by atoms with Crippen LogP contribution < -0.4 is 0 Å². The highest BCUT2D eigenvalue weighted by Gasteiger charge is 2.24. The van der Waals surface area contributed by atoms with E-state index in [-0.39, 0.29) is 18.4 Å². The highest BCUT2D eigenvalue weighted by Crippen LogP contribution is 2.31. The summed E-state index contributed by atoms with van der Waals surface area (Å²) >= 11 is 0. The van der Waals surface area contributed by atoms with E-state index in [4.69, 9.17) is 10.2 Å². The van der Waals surface area contributed by atoms with Crippen LogP contribution in [0.25, 0.3) is 0 Å². The average Bonchev–Trinajstić information content (AvgIpc) is 2.34. The predicted molar refractivity (Wildman–Crippen MR) is 67.8 cm³/mol. The molecule has 0 aromatic heterocycles. The van der Waals surface area contributed by atoms with Crippen LogP contribution in [0.1, 0.15) is 58.3 Å². The van der Waals surface area contributed by atoms with E-state index in [0.29, 0.717) is 6.42 Å². The van der Waals surface area contributed by atoms with Gasteiger partial charge in [-0.15, -0.1) is 0 Å². The van der Waals surface area contributed by atoms with Gasteiger partial charge in [-0.2, -0.15) is 0 Å². The van der Waals surface area contributed by atoms with E-state index < -0.39 is 5.97 Å². The van der Waals surface area contributed by atoms with E-state index in [0.717, 1.165) is 18.8 Å². The van der Waals surface area contributed by atoms with Gasteiger partial charge in [0.25, 0.3) is 0 Å². The molecule has 0 spiro atoms. The maximum absolute atomic E-state index is 11.0. The van der Waals surface area contributed by atoms with Crippen molar-refractivity contribution in [2.24, 2.45) is 17.8 Å². The zero-order valence-corrected chi connectivity index (χ0v) is 10.9. The first-order valence-corrected chi connectivity index (χ1v) is 6.98. The van der Waals surface area contributed by atoms with Gasteiger partial charge in [0.1, 0.15) is 0 Å². The Labute approximate surface area is 104 Å². The molecule has 0 aromatic rings. The lowest BCUT2D eigenvalue weighted by atomic mass is 9.80. The van der Waals surface area contributed by atoms with Gasteiger partial charge in [-0.25, -0.2) is 0 Å². The second kappa shape index (κ2) is 7.70. The molecule has 2 atom stereocenters. The minimum absolute atomic E-state index is 0.104. The first-order chi connectivity index (χ1) is 8.15. The fourth-order valence-corrected chi connectivity index (χ4v) is 2.94. The van der Waals surface area contributed by atoms with E-state index in [1.165, 1.54) is 32.1 Å². The summed E-state index contributed by atoms with van der Waals surface area (Å²) < 4.78 is 0. The van der Waals surface area contributed by atoms with Gasteiger partial charge in [0.2, 0.25) is 0 Å². The number of hydrogen-bond donors (Lipinski definition) is 2. The summed E-state index contributed by atoms with van der Waals surface area (Å²) in [4.78, 5) is 11.0. The molecule has 1 aliphatic carbocycles. The number of aliphatic hydroxyl groups is 1. The lowest BCUT2D eigenvalue weighted by Crippen LogP contribution is -2.22. The second-order valence-corrected chi connectivity index (χ2v) is 5.48. The van der Waals surface area contributed by atoms with Crippen molar-refractivity contribution in [1.82, 2.24) is 0 Å². The normalized spacial score (nSPS) is 21.1. The number of aliphatic hydroxyl groups excluding tert-OH is 1. The summed E-state index contributed by atoms with van der Waals surface area (Å²) in [6.07, 6.45) is 9.39. The van der Waals surface area contributed by atoms with Gasteiger partial charge in [-0.3, -0.25) is 4.79 Å². The summed E-state index contributed by atoms with van der Waals surface area (Å²) in [5, 5.41) is 18.0. The van der Waals surface area contributed by atoms with Gasteiger partial charge in [-0.05, 0) is 24.7 Å². The van der Waals surface area contributed by atoms with Gasteiger partial charge in [-0.1, -0.05) is 45.4 Å². The molecule has 1 fully saturated rings. The average molecular weight is 242 g/mol. The molecule has 0 aliphatic heterocycles. The van der Waals surface area contributed by atoms with E-state index in [1.807, 2.05) is 0 Å². The van der Waals surface area contributed by atoms with Crippen molar-refractivity contribution in [2.75, 3.05) is 6.61 Å². The Kier molecular flexibility index (Phi) is 6.56. The molecular formula is C14H26O3. The van der Waals surface area contributed by atoms with Crippen LogP contribution in [0.5, 0.6) is 0 Å². The van der Waals surface area contributed by atoms with Gasteiger partial charge in [0.05, 0.1) is 5.92 Å². The standard InChI is InChI=1S/C14H26O3/c1-11(14(16)17)13(9-10-15)8-7-12-5-3-2-4-6-12/h11-13,15H,2-10H2,1H3,(H,16,17). The molecule has 0 bridgehead atoms. The number of rotatable bonds is 7. The Morgan fingerprint density at radius 3 is 2.41 bits per heavy atom. The van der Waals surface area contributed by atoms with Gasteiger partial charge < -0.3 is 10.2 Å². The molecule has 0 saturated heterocycles. The van der Waals surface area contributed by atoms with Crippen molar-refractivity contribution in [3.05, 3.63) is 0 Å². The molecule has 3 nitrogen and oxygen atoms in total. The molecule has 0 amide bonds. The van der Waals surface area contributed by atoms with Crippen LogP contribution >= 0.6 is 0 Å². The molecule has 0 radical (unpaired) electrons. The van der Waals surface area contributed by atoms with Crippen molar-refractivity contribution in [3.63, 3.8) is 0 Å². The van der Waals surface area contributed by atoms with Crippen LogP contribution in [0, 0.1) is 17.8 Å². The third kappa shape index (κ3) is 5.07. The second-order valence-electron chi connectivity index (χ2n) is 5.48. The largest absolute Gasteiger partial charge is 0.481 e. The third-order valence-corrected chi connectivity index (χ3v) is 4.27. The predicted octanol–water partition coefficient (Wildman–Crippen LogP) is 3.07. The molecule has 2 N–H and O–H groups in total. The topological polar surface area (TPSA) is 57.5 Å².